The van der Waals surface area contributed by atoms with Crippen LogP contribution < -0.4 is 5.73 Å². The molecule has 0 aliphatic carbocycles. The third kappa shape index (κ3) is 3.54. The summed E-state index contributed by atoms with van der Waals surface area (Å²) in [5, 5.41) is 6.95. The lowest BCUT2D eigenvalue weighted by Crippen LogP contribution is -2.12. The predicted molar refractivity (Wildman–Crippen MR) is 46.1 cm³/mol. The van der Waals surface area contributed by atoms with E-state index in [1.165, 1.54) is 0 Å². The zero-order chi connectivity index (χ0) is 6.69. The molecule has 0 atom stereocenters. The van der Waals surface area contributed by atoms with Crippen LogP contribution in [-0.2, 0) is 0 Å². The van der Waals surface area contributed by atoms with Gasteiger partial charge in [0.05, 0.1) is 0 Å². The summed E-state index contributed by atoms with van der Waals surface area (Å²) >= 11 is 0. The Hall–Kier alpha value is -1.13. The minimum atomic E-state index is 0. The fourth-order valence-electron chi connectivity index (χ4n) is 0.522. The number of hydrogen-bond donors (Lipinski definition) is 2. The normalized spacial score (nSPS) is 7.27. The van der Waals surface area contributed by atoms with Gasteiger partial charge in [0.2, 0.25) is 0 Å². The zero-order valence-corrected chi connectivity index (χ0v) is 6.56. The number of rotatable bonds is 1. The van der Waals surface area contributed by atoms with Gasteiger partial charge in [0.1, 0.15) is 11.5 Å². The quantitative estimate of drug-likeness (QED) is 0.463. The summed E-state index contributed by atoms with van der Waals surface area (Å²) < 4.78 is 0. The molecule has 0 aliphatic rings. The summed E-state index contributed by atoms with van der Waals surface area (Å²) in [5.74, 6) is 0.00981. The summed E-state index contributed by atoms with van der Waals surface area (Å²) in [6.45, 7) is 0. The monoisotopic (exact) mass is 175 g/mol. The molecule has 0 saturated carbocycles. The van der Waals surface area contributed by atoms with Crippen LogP contribution in [0.15, 0.2) is 24.4 Å². The van der Waals surface area contributed by atoms with Gasteiger partial charge in [0, 0.05) is 6.20 Å². The van der Waals surface area contributed by atoms with E-state index in [-0.39, 0.29) is 23.7 Å². The molecule has 0 saturated heterocycles. The smallest absolute Gasteiger partial charge is 0.141 e. The molecule has 1 heterocycles. The van der Waals surface area contributed by atoms with Crippen LogP contribution in [0, 0.1) is 5.41 Å². The van der Waals surface area contributed by atoms with Gasteiger partial charge >= 0.3 is 0 Å². The number of pyridine rings is 1. The van der Waals surface area contributed by atoms with Crippen molar-refractivity contribution >= 4 is 18.2 Å². The largest absolute Gasteiger partial charge is 0.412 e. The first-order chi connectivity index (χ1) is 4.30. The molecular formula is C6H10ClN3O. The molecule has 1 rings (SSSR count). The molecule has 5 N–H and O–H groups in total. The lowest BCUT2D eigenvalue weighted by atomic mass is 10.3. The molecule has 0 unspecified atom stereocenters. The lowest BCUT2D eigenvalue weighted by Gasteiger charge is -1.91. The van der Waals surface area contributed by atoms with Crippen LogP contribution in [0.2, 0.25) is 0 Å². The average Bonchev–Trinajstić information content (AvgIpc) is 1.90. The van der Waals surface area contributed by atoms with E-state index in [4.69, 9.17) is 11.1 Å². The van der Waals surface area contributed by atoms with Crippen LogP contribution in [0.25, 0.3) is 0 Å². The number of nitrogens with two attached hydrogens (primary N) is 1. The van der Waals surface area contributed by atoms with E-state index in [2.05, 4.69) is 4.98 Å². The third-order valence-electron chi connectivity index (χ3n) is 0.941. The Morgan fingerprint density at radius 1 is 1.45 bits per heavy atom. The molecule has 1 aromatic heterocycles. The number of aromatic nitrogens is 1. The summed E-state index contributed by atoms with van der Waals surface area (Å²) in [7, 11) is 0. The molecule has 62 valence electrons. The zero-order valence-electron chi connectivity index (χ0n) is 5.74. The first-order valence-corrected chi connectivity index (χ1v) is 2.56. The van der Waals surface area contributed by atoms with Crippen molar-refractivity contribution < 1.29 is 5.48 Å². The van der Waals surface area contributed by atoms with Gasteiger partial charge in [-0.1, -0.05) is 6.07 Å². The summed E-state index contributed by atoms with van der Waals surface area (Å²) in [4.78, 5) is 3.83. The number of amidine groups is 1. The Morgan fingerprint density at radius 3 is 2.36 bits per heavy atom. The van der Waals surface area contributed by atoms with Crippen molar-refractivity contribution in [2.45, 2.75) is 0 Å². The van der Waals surface area contributed by atoms with Gasteiger partial charge in [0.25, 0.3) is 0 Å². The molecule has 5 heteroatoms. The van der Waals surface area contributed by atoms with Crippen molar-refractivity contribution in [2.24, 2.45) is 5.73 Å². The van der Waals surface area contributed by atoms with Crippen LogP contribution in [0.5, 0.6) is 0 Å². The SMILES string of the molecule is Cl.N=C(N)c1ccccn1.O. The molecule has 11 heavy (non-hydrogen) atoms. The van der Waals surface area contributed by atoms with Gasteiger partial charge in [-0.3, -0.25) is 10.4 Å². The van der Waals surface area contributed by atoms with Crippen LogP contribution in [0.1, 0.15) is 5.69 Å². The van der Waals surface area contributed by atoms with E-state index in [1.54, 1.807) is 24.4 Å². The second-order valence-electron chi connectivity index (χ2n) is 1.63. The van der Waals surface area contributed by atoms with E-state index in [0.717, 1.165) is 0 Å². The maximum Gasteiger partial charge on any atom is 0.141 e. The first-order valence-electron chi connectivity index (χ1n) is 2.56. The van der Waals surface area contributed by atoms with Gasteiger partial charge in [-0.05, 0) is 12.1 Å². The number of halogens is 1. The molecule has 0 amide bonds. The highest BCUT2D eigenvalue weighted by atomic mass is 35.5. The lowest BCUT2D eigenvalue weighted by molar-refractivity contribution is 0.824. The summed E-state index contributed by atoms with van der Waals surface area (Å²) in [5.41, 5.74) is 5.66. The minimum absolute atomic E-state index is 0. The minimum Gasteiger partial charge on any atom is -0.412 e. The second kappa shape index (κ2) is 5.64. The fourth-order valence-corrected chi connectivity index (χ4v) is 0.522. The van der Waals surface area contributed by atoms with E-state index in [9.17, 15) is 0 Å². The van der Waals surface area contributed by atoms with Gasteiger partial charge in [-0.15, -0.1) is 12.4 Å². The Bertz CT molecular complexity index is 214. The predicted octanol–water partition coefficient (Wildman–Crippen LogP) is -0.0372. The average molecular weight is 176 g/mol. The molecular weight excluding hydrogens is 166 g/mol. The van der Waals surface area contributed by atoms with Crippen LogP contribution in [0.4, 0.5) is 0 Å². The van der Waals surface area contributed by atoms with E-state index < -0.39 is 0 Å². The van der Waals surface area contributed by atoms with Crippen molar-refractivity contribution in [2.75, 3.05) is 0 Å². The Balaban J connectivity index is 0. The van der Waals surface area contributed by atoms with Crippen molar-refractivity contribution in [1.29, 1.82) is 5.41 Å². The molecule has 0 radical (unpaired) electrons. The Kier molecular flexibility index (Phi) is 6.43. The fraction of sp³-hybridized carbons (Fsp3) is 0. The van der Waals surface area contributed by atoms with Crippen molar-refractivity contribution in [1.82, 2.24) is 4.98 Å². The number of nitrogen functional groups attached to an aromatic ring is 1. The Morgan fingerprint density at radius 2 is 2.09 bits per heavy atom. The number of nitrogens with one attached hydrogen (secondary N) is 1. The molecule has 0 fully saturated rings. The van der Waals surface area contributed by atoms with Gasteiger partial charge < -0.3 is 11.2 Å². The van der Waals surface area contributed by atoms with E-state index in [0.29, 0.717) is 5.69 Å². The molecule has 0 aliphatic heterocycles. The van der Waals surface area contributed by atoms with Crippen molar-refractivity contribution in [3.63, 3.8) is 0 Å². The molecule has 1 aromatic rings. The van der Waals surface area contributed by atoms with Gasteiger partial charge in [0.15, 0.2) is 0 Å². The van der Waals surface area contributed by atoms with Crippen molar-refractivity contribution in [3.05, 3.63) is 30.1 Å². The summed E-state index contributed by atoms with van der Waals surface area (Å²) in [6.07, 6.45) is 1.61. The van der Waals surface area contributed by atoms with E-state index in [1.807, 2.05) is 0 Å². The highest BCUT2D eigenvalue weighted by Gasteiger charge is 1.91. The van der Waals surface area contributed by atoms with Gasteiger partial charge in [-0.25, -0.2) is 0 Å². The highest BCUT2D eigenvalue weighted by Crippen LogP contribution is 1.88. The molecule has 0 spiro atoms. The van der Waals surface area contributed by atoms with Crippen LogP contribution in [0.3, 0.4) is 0 Å². The highest BCUT2D eigenvalue weighted by molar-refractivity contribution is 5.92. The number of hydrogen-bond acceptors (Lipinski definition) is 2. The molecule has 4 nitrogen and oxygen atoms in total. The van der Waals surface area contributed by atoms with Crippen molar-refractivity contribution in [3.8, 4) is 0 Å². The van der Waals surface area contributed by atoms with Gasteiger partial charge in [-0.2, -0.15) is 0 Å². The topological polar surface area (TPSA) is 94.3 Å². The van der Waals surface area contributed by atoms with Crippen LogP contribution in [-0.4, -0.2) is 16.3 Å². The third-order valence-corrected chi connectivity index (χ3v) is 0.941. The van der Waals surface area contributed by atoms with Crippen LogP contribution >= 0.6 is 12.4 Å². The standard InChI is InChI=1S/C6H7N3.ClH.H2O/c7-6(8)5-3-1-2-4-9-5;;/h1-4H,(H3,7,8);1H;1H2. The number of nitrogens with zero attached hydrogens (tertiary/aromatic N) is 1. The second-order valence-corrected chi connectivity index (χ2v) is 1.63. The summed E-state index contributed by atoms with van der Waals surface area (Å²) in [6, 6.07) is 5.28. The maximum absolute atomic E-state index is 6.95. The van der Waals surface area contributed by atoms with E-state index >= 15 is 0 Å². The maximum atomic E-state index is 6.95. The Labute approximate surface area is 70.7 Å². The molecule has 0 aromatic carbocycles. The first kappa shape index (κ1) is 12.5. The molecule has 0 bridgehead atoms.